The van der Waals surface area contributed by atoms with Crippen molar-refractivity contribution in [1.29, 1.82) is 0 Å². The second-order valence-electron chi connectivity index (χ2n) is 6.72. The Hall–Kier alpha value is -1.73. The summed E-state index contributed by atoms with van der Waals surface area (Å²) in [6, 6.07) is 5.16. The van der Waals surface area contributed by atoms with Crippen LogP contribution in [-0.2, 0) is 9.59 Å². The van der Waals surface area contributed by atoms with Gasteiger partial charge in [0.1, 0.15) is 0 Å². The number of hydrogen-bond acceptors (Lipinski definition) is 6. The smallest absolute Gasteiger partial charge is 0.233 e. The van der Waals surface area contributed by atoms with Crippen LogP contribution in [0, 0.1) is 5.41 Å². The van der Waals surface area contributed by atoms with E-state index in [0.717, 1.165) is 17.3 Å². The lowest BCUT2D eigenvalue weighted by Gasteiger charge is -2.33. The molecule has 1 aromatic carbocycles. The van der Waals surface area contributed by atoms with Gasteiger partial charge in [-0.05, 0) is 24.6 Å². The standard InChI is InChI=1S/C18H25NO5S/c1-11(20)18(3)10-19(17(23)9-25-12(2)21)8-14(18)13-5-6-16(24-4)15(22)7-13/h5-7,11,14,20,22H,8-10H2,1-4H3/t11-,14+,18-/m1/s1. The van der Waals surface area contributed by atoms with Crippen molar-refractivity contribution in [2.75, 3.05) is 26.0 Å². The van der Waals surface area contributed by atoms with Gasteiger partial charge in [-0.25, -0.2) is 0 Å². The molecule has 3 atom stereocenters. The van der Waals surface area contributed by atoms with Gasteiger partial charge in [0.05, 0.1) is 19.0 Å². The molecule has 1 heterocycles. The van der Waals surface area contributed by atoms with Crippen molar-refractivity contribution >= 4 is 22.8 Å². The molecular formula is C18H25NO5S. The van der Waals surface area contributed by atoms with Gasteiger partial charge in [0.15, 0.2) is 16.6 Å². The highest BCUT2D eigenvalue weighted by Gasteiger charge is 2.48. The average molecular weight is 367 g/mol. The van der Waals surface area contributed by atoms with Crippen LogP contribution in [0.4, 0.5) is 0 Å². The quantitative estimate of drug-likeness (QED) is 0.828. The lowest BCUT2D eigenvalue weighted by molar-refractivity contribution is -0.128. The number of phenols is 1. The van der Waals surface area contributed by atoms with E-state index < -0.39 is 11.5 Å². The maximum absolute atomic E-state index is 12.4. The number of carbonyl (C=O) groups excluding carboxylic acids is 2. The van der Waals surface area contributed by atoms with E-state index in [1.165, 1.54) is 14.0 Å². The Bertz CT molecular complexity index is 663. The van der Waals surface area contributed by atoms with E-state index in [0.29, 0.717) is 18.8 Å². The van der Waals surface area contributed by atoms with Gasteiger partial charge in [0.2, 0.25) is 5.91 Å². The maximum Gasteiger partial charge on any atom is 0.233 e. The molecule has 2 N–H and O–H groups in total. The number of likely N-dealkylation sites (tertiary alicyclic amines) is 1. The Labute approximate surface area is 152 Å². The summed E-state index contributed by atoms with van der Waals surface area (Å²) in [6.45, 7) is 5.93. The molecule has 0 aromatic heterocycles. The molecule has 6 nitrogen and oxygen atoms in total. The number of aliphatic hydroxyl groups excluding tert-OH is 1. The fraction of sp³-hybridized carbons (Fsp3) is 0.556. The Balaban J connectivity index is 2.27. The molecule has 138 valence electrons. The maximum atomic E-state index is 12.4. The van der Waals surface area contributed by atoms with E-state index in [1.807, 2.05) is 13.0 Å². The Morgan fingerprint density at radius 2 is 2.16 bits per heavy atom. The zero-order chi connectivity index (χ0) is 18.8. The largest absolute Gasteiger partial charge is 0.504 e. The second kappa shape index (κ2) is 7.66. The highest BCUT2D eigenvalue weighted by molar-refractivity contribution is 8.14. The predicted octanol–water partition coefficient (Wildman–Crippen LogP) is 1.99. The highest BCUT2D eigenvalue weighted by Crippen LogP contribution is 2.46. The van der Waals surface area contributed by atoms with E-state index in [2.05, 4.69) is 0 Å². The van der Waals surface area contributed by atoms with Crippen LogP contribution in [0.1, 0.15) is 32.3 Å². The molecular weight excluding hydrogens is 342 g/mol. The van der Waals surface area contributed by atoms with Gasteiger partial charge >= 0.3 is 0 Å². The van der Waals surface area contributed by atoms with E-state index in [4.69, 9.17) is 4.74 Å². The third-order valence-electron chi connectivity index (χ3n) is 5.04. The summed E-state index contributed by atoms with van der Waals surface area (Å²) >= 11 is 0.990. The molecule has 2 rings (SSSR count). The summed E-state index contributed by atoms with van der Waals surface area (Å²) in [5.41, 5.74) is 0.300. The van der Waals surface area contributed by atoms with Crippen molar-refractivity contribution in [1.82, 2.24) is 4.90 Å². The number of methoxy groups -OCH3 is 1. The monoisotopic (exact) mass is 367 g/mol. The minimum Gasteiger partial charge on any atom is -0.504 e. The molecule has 0 aliphatic carbocycles. The van der Waals surface area contributed by atoms with Crippen LogP contribution in [0.5, 0.6) is 11.5 Å². The van der Waals surface area contributed by atoms with Crippen LogP contribution >= 0.6 is 11.8 Å². The molecule has 7 heteroatoms. The van der Waals surface area contributed by atoms with Gasteiger partial charge < -0.3 is 19.8 Å². The summed E-state index contributed by atoms with van der Waals surface area (Å²) in [6.07, 6.45) is -0.639. The van der Waals surface area contributed by atoms with E-state index in [9.17, 15) is 19.8 Å². The molecule has 1 amide bonds. The molecule has 1 fully saturated rings. The molecule has 1 aromatic rings. The number of aromatic hydroxyl groups is 1. The zero-order valence-corrected chi connectivity index (χ0v) is 15.8. The zero-order valence-electron chi connectivity index (χ0n) is 15.0. The fourth-order valence-electron chi connectivity index (χ4n) is 3.29. The average Bonchev–Trinajstić information content (AvgIpc) is 2.91. The number of carbonyl (C=O) groups is 2. The molecule has 1 aliphatic rings. The SMILES string of the molecule is COc1ccc([C@@H]2CN(C(=O)CSC(C)=O)C[C@]2(C)[C@@H](C)O)cc1O. The van der Waals surface area contributed by atoms with Crippen molar-refractivity contribution in [3.05, 3.63) is 23.8 Å². The van der Waals surface area contributed by atoms with Crippen LogP contribution in [0.2, 0.25) is 0 Å². The van der Waals surface area contributed by atoms with Gasteiger partial charge in [0, 0.05) is 31.3 Å². The number of rotatable bonds is 5. The Morgan fingerprint density at radius 1 is 1.48 bits per heavy atom. The van der Waals surface area contributed by atoms with Crippen molar-refractivity contribution in [3.63, 3.8) is 0 Å². The third-order valence-corrected chi connectivity index (χ3v) is 5.84. The van der Waals surface area contributed by atoms with Crippen LogP contribution in [0.3, 0.4) is 0 Å². The first kappa shape index (κ1) is 19.6. The first-order valence-corrected chi connectivity index (χ1v) is 9.13. The van der Waals surface area contributed by atoms with Gasteiger partial charge in [-0.3, -0.25) is 9.59 Å². The van der Waals surface area contributed by atoms with Gasteiger partial charge in [-0.1, -0.05) is 24.8 Å². The van der Waals surface area contributed by atoms with Crippen molar-refractivity contribution in [3.8, 4) is 11.5 Å². The summed E-state index contributed by atoms with van der Waals surface area (Å²) in [7, 11) is 1.48. The van der Waals surface area contributed by atoms with Crippen molar-refractivity contribution < 1.29 is 24.5 Å². The van der Waals surface area contributed by atoms with Crippen LogP contribution in [-0.4, -0.2) is 58.2 Å². The molecule has 0 unspecified atom stereocenters. The number of hydrogen-bond donors (Lipinski definition) is 2. The topological polar surface area (TPSA) is 87.1 Å². The van der Waals surface area contributed by atoms with Gasteiger partial charge in [-0.15, -0.1) is 0 Å². The van der Waals surface area contributed by atoms with Crippen molar-refractivity contribution in [2.45, 2.75) is 32.8 Å². The van der Waals surface area contributed by atoms with Gasteiger partial charge in [-0.2, -0.15) is 0 Å². The molecule has 0 saturated carbocycles. The lowest BCUT2D eigenvalue weighted by atomic mass is 9.72. The highest BCUT2D eigenvalue weighted by atomic mass is 32.2. The number of benzene rings is 1. The summed E-state index contributed by atoms with van der Waals surface area (Å²) in [5.74, 6) is 0.269. The molecule has 0 spiro atoms. The van der Waals surface area contributed by atoms with Crippen LogP contribution in [0.25, 0.3) is 0 Å². The Kier molecular flexibility index (Phi) is 6.00. The molecule has 0 bridgehead atoms. The van der Waals surface area contributed by atoms with Crippen LogP contribution < -0.4 is 4.74 Å². The van der Waals surface area contributed by atoms with Crippen molar-refractivity contribution in [2.24, 2.45) is 5.41 Å². The van der Waals surface area contributed by atoms with Gasteiger partial charge in [0.25, 0.3) is 0 Å². The third kappa shape index (κ3) is 4.10. The number of ether oxygens (including phenoxy) is 1. The number of nitrogens with zero attached hydrogens (tertiary/aromatic N) is 1. The molecule has 0 radical (unpaired) electrons. The Morgan fingerprint density at radius 3 is 2.68 bits per heavy atom. The molecule has 25 heavy (non-hydrogen) atoms. The number of thioether (sulfide) groups is 1. The van der Waals surface area contributed by atoms with E-state index >= 15 is 0 Å². The fourth-order valence-corrected chi connectivity index (χ4v) is 3.80. The first-order valence-electron chi connectivity index (χ1n) is 8.15. The minimum absolute atomic E-state index is 0.0323. The van der Waals surface area contributed by atoms with E-state index in [-0.39, 0.29) is 28.4 Å². The minimum atomic E-state index is -0.639. The second-order valence-corrected chi connectivity index (χ2v) is 7.87. The summed E-state index contributed by atoms with van der Waals surface area (Å²) in [5, 5.41) is 20.3. The predicted molar refractivity (Wildman–Crippen MR) is 96.9 cm³/mol. The summed E-state index contributed by atoms with van der Waals surface area (Å²) in [4.78, 5) is 25.2. The number of phenolic OH excluding ortho intramolecular Hbond substituents is 1. The number of aliphatic hydroxyl groups is 1. The van der Waals surface area contributed by atoms with Crippen LogP contribution in [0.15, 0.2) is 18.2 Å². The normalized spacial score (nSPS) is 24.2. The first-order chi connectivity index (χ1) is 11.7. The van der Waals surface area contributed by atoms with E-state index in [1.54, 1.807) is 24.0 Å². The lowest BCUT2D eigenvalue weighted by Crippen LogP contribution is -2.38. The number of amides is 1. The summed E-state index contributed by atoms with van der Waals surface area (Å²) < 4.78 is 5.08. The molecule has 1 saturated heterocycles. The molecule has 1 aliphatic heterocycles.